The predicted octanol–water partition coefficient (Wildman–Crippen LogP) is 2.36. The van der Waals surface area contributed by atoms with E-state index in [0.29, 0.717) is 18.0 Å². The fourth-order valence-corrected chi connectivity index (χ4v) is 1.81. The van der Waals surface area contributed by atoms with Gasteiger partial charge in [0.1, 0.15) is 11.6 Å². The highest BCUT2D eigenvalue weighted by Gasteiger charge is 2.15. The number of nitrogens with two attached hydrogens (primary N) is 1. The maximum Gasteiger partial charge on any atom is 0.145 e. The van der Waals surface area contributed by atoms with E-state index in [1.165, 1.54) is 18.2 Å². The van der Waals surface area contributed by atoms with Gasteiger partial charge in [0.15, 0.2) is 0 Å². The number of rotatable bonds is 4. The third-order valence-corrected chi connectivity index (χ3v) is 2.70. The van der Waals surface area contributed by atoms with Crippen molar-refractivity contribution in [3.63, 3.8) is 0 Å². The summed E-state index contributed by atoms with van der Waals surface area (Å²) in [5.74, 6) is 0.0827. The SMILES string of the molecule is Nc1ccc(F)cc1OCCC1CCCO1. The van der Waals surface area contributed by atoms with Crippen molar-refractivity contribution in [1.29, 1.82) is 0 Å². The van der Waals surface area contributed by atoms with Crippen molar-refractivity contribution in [3.8, 4) is 5.75 Å². The largest absolute Gasteiger partial charge is 0.491 e. The second-order valence-corrected chi connectivity index (χ2v) is 3.95. The highest BCUT2D eigenvalue weighted by atomic mass is 19.1. The van der Waals surface area contributed by atoms with Crippen LogP contribution in [0.15, 0.2) is 18.2 Å². The standard InChI is InChI=1S/C12H16FNO2/c13-9-3-4-11(14)12(8-9)16-7-5-10-2-1-6-15-10/h3-4,8,10H,1-2,5-7,14H2. The van der Waals surface area contributed by atoms with Crippen LogP contribution in [0.1, 0.15) is 19.3 Å². The van der Waals surface area contributed by atoms with Gasteiger partial charge in [-0.1, -0.05) is 0 Å². The van der Waals surface area contributed by atoms with Crippen LogP contribution in [0.2, 0.25) is 0 Å². The molecule has 0 saturated carbocycles. The van der Waals surface area contributed by atoms with Crippen molar-refractivity contribution in [2.24, 2.45) is 0 Å². The van der Waals surface area contributed by atoms with Crippen molar-refractivity contribution in [2.75, 3.05) is 18.9 Å². The van der Waals surface area contributed by atoms with E-state index in [4.69, 9.17) is 15.2 Å². The Bertz CT molecular complexity index is 351. The molecule has 3 nitrogen and oxygen atoms in total. The number of halogens is 1. The summed E-state index contributed by atoms with van der Waals surface area (Å²) in [6.45, 7) is 1.35. The molecule has 16 heavy (non-hydrogen) atoms. The van der Waals surface area contributed by atoms with Crippen LogP contribution in [0.25, 0.3) is 0 Å². The summed E-state index contributed by atoms with van der Waals surface area (Å²) in [4.78, 5) is 0. The van der Waals surface area contributed by atoms with E-state index in [-0.39, 0.29) is 11.9 Å². The fourth-order valence-electron chi connectivity index (χ4n) is 1.81. The summed E-state index contributed by atoms with van der Waals surface area (Å²) in [6, 6.07) is 4.14. The van der Waals surface area contributed by atoms with Crippen molar-refractivity contribution in [2.45, 2.75) is 25.4 Å². The first kappa shape index (κ1) is 11.2. The Morgan fingerprint density at radius 1 is 1.50 bits per heavy atom. The summed E-state index contributed by atoms with van der Waals surface area (Å²) in [5, 5.41) is 0. The second kappa shape index (κ2) is 5.16. The molecule has 0 aromatic heterocycles. The van der Waals surface area contributed by atoms with E-state index in [2.05, 4.69) is 0 Å². The van der Waals surface area contributed by atoms with Crippen molar-refractivity contribution < 1.29 is 13.9 Å². The van der Waals surface area contributed by atoms with E-state index in [1.54, 1.807) is 0 Å². The Labute approximate surface area is 94.3 Å². The number of anilines is 1. The van der Waals surface area contributed by atoms with Crippen molar-refractivity contribution in [1.82, 2.24) is 0 Å². The molecule has 1 aromatic carbocycles. The average Bonchev–Trinajstić information content (AvgIpc) is 2.76. The maximum absolute atomic E-state index is 12.9. The van der Waals surface area contributed by atoms with E-state index < -0.39 is 0 Å². The third-order valence-electron chi connectivity index (χ3n) is 2.70. The zero-order valence-corrected chi connectivity index (χ0v) is 9.12. The Kier molecular flexibility index (Phi) is 3.62. The molecule has 1 aromatic rings. The molecule has 2 N–H and O–H groups in total. The smallest absolute Gasteiger partial charge is 0.145 e. The molecule has 1 aliphatic heterocycles. The molecule has 1 fully saturated rings. The molecule has 0 bridgehead atoms. The molecule has 0 amide bonds. The molecule has 1 heterocycles. The van der Waals surface area contributed by atoms with E-state index in [9.17, 15) is 4.39 Å². The van der Waals surface area contributed by atoms with Crippen molar-refractivity contribution >= 4 is 5.69 Å². The zero-order chi connectivity index (χ0) is 11.4. The van der Waals surface area contributed by atoms with Crippen LogP contribution in [0.4, 0.5) is 10.1 Å². The number of benzene rings is 1. The molecule has 2 rings (SSSR count). The van der Waals surface area contributed by atoms with Gasteiger partial charge >= 0.3 is 0 Å². The van der Waals surface area contributed by atoms with Crippen LogP contribution >= 0.6 is 0 Å². The molecule has 0 aliphatic carbocycles. The number of hydrogen-bond donors (Lipinski definition) is 1. The number of ether oxygens (including phenoxy) is 2. The minimum Gasteiger partial charge on any atom is -0.491 e. The van der Waals surface area contributed by atoms with Crippen LogP contribution in [0.3, 0.4) is 0 Å². The van der Waals surface area contributed by atoms with Crippen LogP contribution in [0, 0.1) is 5.82 Å². The first-order valence-electron chi connectivity index (χ1n) is 5.55. The Morgan fingerprint density at radius 3 is 3.12 bits per heavy atom. The van der Waals surface area contributed by atoms with Gasteiger partial charge < -0.3 is 15.2 Å². The van der Waals surface area contributed by atoms with Gasteiger partial charge in [-0.3, -0.25) is 0 Å². The molecule has 0 radical (unpaired) electrons. The van der Waals surface area contributed by atoms with Gasteiger partial charge in [0.25, 0.3) is 0 Å². The maximum atomic E-state index is 12.9. The lowest BCUT2D eigenvalue weighted by Gasteiger charge is -2.11. The minimum atomic E-state index is -0.332. The lowest BCUT2D eigenvalue weighted by molar-refractivity contribution is 0.0904. The van der Waals surface area contributed by atoms with Crippen LogP contribution in [0.5, 0.6) is 5.75 Å². The van der Waals surface area contributed by atoms with Crippen LogP contribution in [-0.2, 0) is 4.74 Å². The first-order valence-corrected chi connectivity index (χ1v) is 5.55. The molecule has 1 saturated heterocycles. The van der Waals surface area contributed by atoms with Crippen LogP contribution < -0.4 is 10.5 Å². The van der Waals surface area contributed by atoms with Gasteiger partial charge in [-0.2, -0.15) is 0 Å². The molecule has 0 spiro atoms. The summed E-state index contributed by atoms with van der Waals surface area (Å²) >= 11 is 0. The van der Waals surface area contributed by atoms with Crippen molar-refractivity contribution in [3.05, 3.63) is 24.0 Å². The average molecular weight is 225 g/mol. The molecule has 1 atom stereocenters. The third kappa shape index (κ3) is 2.85. The molecular weight excluding hydrogens is 209 g/mol. The van der Waals surface area contributed by atoms with Gasteiger partial charge in [0, 0.05) is 19.1 Å². The van der Waals surface area contributed by atoms with Gasteiger partial charge in [-0.25, -0.2) is 4.39 Å². The monoisotopic (exact) mass is 225 g/mol. The Morgan fingerprint density at radius 2 is 2.38 bits per heavy atom. The summed E-state index contributed by atoms with van der Waals surface area (Å²) in [7, 11) is 0. The van der Waals surface area contributed by atoms with E-state index in [0.717, 1.165) is 25.9 Å². The quantitative estimate of drug-likeness (QED) is 0.800. The lowest BCUT2D eigenvalue weighted by Crippen LogP contribution is -2.11. The fraction of sp³-hybridized carbons (Fsp3) is 0.500. The van der Waals surface area contributed by atoms with Crippen LogP contribution in [-0.4, -0.2) is 19.3 Å². The van der Waals surface area contributed by atoms with Gasteiger partial charge in [-0.05, 0) is 25.0 Å². The predicted molar refractivity (Wildman–Crippen MR) is 59.9 cm³/mol. The Hall–Kier alpha value is -1.29. The minimum absolute atomic E-state index is 0.287. The molecule has 1 aliphatic rings. The molecular formula is C12H16FNO2. The second-order valence-electron chi connectivity index (χ2n) is 3.95. The molecule has 4 heteroatoms. The summed E-state index contributed by atoms with van der Waals surface area (Å²) in [5.41, 5.74) is 6.13. The van der Waals surface area contributed by atoms with Gasteiger partial charge in [-0.15, -0.1) is 0 Å². The first-order chi connectivity index (χ1) is 7.75. The molecule has 88 valence electrons. The normalized spacial score (nSPS) is 19.9. The Balaban J connectivity index is 1.82. The number of hydrogen-bond acceptors (Lipinski definition) is 3. The lowest BCUT2D eigenvalue weighted by atomic mass is 10.2. The van der Waals surface area contributed by atoms with Gasteiger partial charge in [0.05, 0.1) is 18.4 Å². The molecule has 1 unspecified atom stereocenters. The summed E-state index contributed by atoms with van der Waals surface area (Å²) in [6.07, 6.45) is 3.32. The number of nitrogen functional groups attached to an aromatic ring is 1. The highest BCUT2D eigenvalue weighted by Crippen LogP contribution is 2.23. The van der Waals surface area contributed by atoms with E-state index in [1.807, 2.05) is 0 Å². The topological polar surface area (TPSA) is 44.5 Å². The summed E-state index contributed by atoms with van der Waals surface area (Å²) < 4.78 is 23.8. The van der Waals surface area contributed by atoms with Gasteiger partial charge in [0.2, 0.25) is 0 Å². The van der Waals surface area contributed by atoms with E-state index >= 15 is 0 Å². The highest BCUT2D eigenvalue weighted by molar-refractivity contribution is 5.52. The zero-order valence-electron chi connectivity index (χ0n) is 9.12.